The largest absolute Gasteiger partial charge is 0.382 e. The Morgan fingerprint density at radius 3 is 2.37 bits per heavy atom. The molecule has 0 saturated heterocycles. The zero-order valence-electron chi connectivity index (χ0n) is 18.4. The fourth-order valence-electron chi connectivity index (χ4n) is 3.22. The van der Waals surface area contributed by atoms with Crippen LogP contribution in [0, 0.1) is 6.92 Å². The van der Waals surface area contributed by atoms with E-state index in [2.05, 4.69) is 19.1 Å². The predicted octanol–water partition coefficient (Wildman–Crippen LogP) is 4.64. The summed E-state index contributed by atoms with van der Waals surface area (Å²) >= 11 is 1.71. The molecule has 164 valence electrons. The third-order valence-electron chi connectivity index (χ3n) is 4.78. The van der Waals surface area contributed by atoms with E-state index in [0.29, 0.717) is 39.3 Å². The fraction of sp³-hybridized carbons (Fsp3) is 0.500. The number of carbonyl (C=O) groups is 2. The Morgan fingerprint density at radius 2 is 1.73 bits per heavy atom. The van der Waals surface area contributed by atoms with Crippen molar-refractivity contribution in [2.45, 2.75) is 53.1 Å². The first-order valence-corrected chi connectivity index (χ1v) is 11.6. The minimum atomic E-state index is -0.0224. The first-order chi connectivity index (χ1) is 14.5. The van der Waals surface area contributed by atoms with Gasteiger partial charge in [-0.05, 0) is 44.4 Å². The Bertz CT molecular complexity index is 776. The van der Waals surface area contributed by atoms with Gasteiger partial charge in [0.1, 0.15) is 0 Å². The number of nitrogens with zero attached hydrogens (tertiary/aromatic N) is 2. The third-order valence-corrected chi connectivity index (χ3v) is 5.76. The molecule has 1 heterocycles. The van der Waals surface area contributed by atoms with Crippen molar-refractivity contribution >= 4 is 23.2 Å². The summed E-state index contributed by atoms with van der Waals surface area (Å²) in [6, 6.07) is 14.2. The van der Waals surface area contributed by atoms with Crippen LogP contribution in [0.15, 0.2) is 42.5 Å². The summed E-state index contributed by atoms with van der Waals surface area (Å²) in [5, 5.41) is 0. The highest BCUT2D eigenvalue weighted by Crippen LogP contribution is 2.19. The van der Waals surface area contributed by atoms with E-state index in [4.69, 9.17) is 4.74 Å². The maximum Gasteiger partial charge on any atom is 0.242 e. The van der Waals surface area contributed by atoms with Crippen molar-refractivity contribution in [1.82, 2.24) is 9.80 Å². The fourth-order valence-corrected chi connectivity index (χ4v) is 4.13. The van der Waals surface area contributed by atoms with Gasteiger partial charge in [0.15, 0.2) is 0 Å². The first-order valence-electron chi connectivity index (χ1n) is 10.8. The summed E-state index contributed by atoms with van der Waals surface area (Å²) < 4.78 is 5.40. The molecule has 2 aromatic rings. The maximum atomic E-state index is 13.3. The average molecular weight is 431 g/mol. The van der Waals surface area contributed by atoms with Gasteiger partial charge in [-0.15, -0.1) is 11.3 Å². The van der Waals surface area contributed by atoms with Gasteiger partial charge in [-0.25, -0.2) is 0 Å². The molecule has 0 spiro atoms. The highest BCUT2D eigenvalue weighted by molar-refractivity contribution is 7.11. The van der Waals surface area contributed by atoms with Gasteiger partial charge in [0.05, 0.1) is 13.1 Å². The van der Waals surface area contributed by atoms with Gasteiger partial charge in [-0.1, -0.05) is 37.3 Å². The molecule has 0 aliphatic heterocycles. The van der Waals surface area contributed by atoms with Gasteiger partial charge in [0.25, 0.3) is 0 Å². The molecule has 0 N–H and O–H groups in total. The lowest BCUT2D eigenvalue weighted by atomic mass is 10.2. The van der Waals surface area contributed by atoms with E-state index in [1.165, 1.54) is 4.88 Å². The third kappa shape index (κ3) is 8.28. The zero-order valence-corrected chi connectivity index (χ0v) is 19.2. The van der Waals surface area contributed by atoms with Crippen molar-refractivity contribution in [3.05, 3.63) is 57.8 Å². The summed E-state index contributed by atoms with van der Waals surface area (Å²) in [6.07, 6.45) is 1.97. The highest BCUT2D eigenvalue weighted by atomic mass is 32.1. The van der Waals surface area contributed by atoms with Gasteiger partial charge in [0.2, 0.25) is 11.8 Å². The number of hydrogen-bond acceptors (Lipinski definition) is 4. The second-order valence-electron chi connectivity index (χ2n) is 7.36. The Hall–Kier alpha value is -2.18. The second-order valence-corrected chi connectivity index (χ2v) is 8.74. The zero-order chi connectivity index (χ0) is 21.8. The van der Waals surface area contributed by atoms with Gasteiger partial charge >= 0.3 is 0 Å². The molecule has 2 rings (SSSR count). The van der Waals surface area contributed by atoms with E-state index in [1.807, 2.05) is 49.1 Å². The van der Waals surface area contributed by atoms with Crippen LogP contribution in [0.2, 0.25) is 0 Å². The number of carbonyl (C=O) groups excluding carboxylic acids is 2. The first kappa shape index (κ1) is 24.1. The van der Waals surface area contributed by atoms with Crippen LogP contribution in [0.4, 0.5) is 0 Å². The van der Waals surface area contributed by atoms with Crippen LogP contribution in [0.5, 0.6) is 0 Å². The Labute approximate surface area is 184 Å². The van der Waals surface area contributed by atoms with Crippen LogP contribution in [-0.2, 0) is 27.4 Å². The summed E-state index contributed by atoms with van der Waals surface area (Å²) in [5.41, 5.74) is 1.09. The molecule has 2 amide bonds. The predicted molar refractivity (Wildman–Crippen MR) is 122 cm³/mol. The second kappa shape index (κ2) is 13.2. The number of benzene rings is 1. The van der Waals surface area contributed by atoms with E-state index in [-0.39, 0.29) is 18.4 Å². The van der Waals surface area contributed by atoms with Crippen molar-refractivity contribution in [2.24, 2.45) is 0 Å². The monoisotopic (exact) mass is 430 g/mol. The van der Waals surface area contributed by atoms with E-state index in [0.717, 1.165) is 23.3 Å². The number of thiophene rings is 1. The molecule has 0 aliphatic rings. The molecular formula is C24H34N2O3S. The molecule has 0 saturated carbocycles. The highest BCUT2D eigenvalue weighted by Gasteiger charge is 2.21. The van der Waals surface area contributed by atoms with E-state index >= 15 is 0 Å². The summed E-state index contributed by atoms with van der Waals surface area (Å²) in [7, 11) is 0. The molecule has 0 unspecified atom stereocenters. The lowest BCUT2D eigenvalue weighted by Gasteiger charge is -2.28. The molecular weight excluding hydrogens is 396 g/mol. The van der Waals surface area contributed by atoms with Crippen LogP contribution in [0.1, 0.15) is 48.4 Å². The quantitative estimate of drug-likeness (QED) is 0.435. The van der Waals surface area contributed by atoms with E-state index in [1.54, 1.807) is 16.2 Å². The van der Waals surface area contributed by atoms with Gasteiger partial charge in [0, 0.05) is 42.5 Å². The Balaban J connectivity index is 2.10. The molecule has 1 aromatic heterocycles. The minimum absolute atomic E-state index is 0.0224. The van der Waals surface area contributed by atoms with E-state index < -0.39 is 0 Å². The molecule has 0 fully saturated rings. The topological polar surface area (TPSA) is 49.9 Å². The Kier molecular flexibility index (Phi) is 10.6. The normalized spacial score (nSPS) is 10.8. The standard InChI is InChI=1S/C24H34N2O3S/c1-4-10-23(27)25(15-9-16-29-5-2)19-24(28)26(17-21-11-7-6-8-12-21)18-22-14-13-20(3)30-22/h6-8,11-14H,4-5,9-10,15-19H2,1-3H3. The lowest BCUT2D eigenvalue weighted by molar-refractivity contribution is -0.141. The van der Waals surface area contributed by atoms with E-state index in [9.17, 15) is 9.59 Å². The molecule has 1 aromatic carbocycles. The molecule has 0 radical (unpaired) electrons. The van der Waals surface area contributed by atoms with Crippen LogP contribution < -0.4 is 0 Å². The number of ether oxygens (including phenoxy) is 1. The number of aryl methyl sites for hydroxylation is 1. The molecule has 0 bridgehead atoms. The average Bonchev–Trinajstić information content (AvgIpc) is 3.15. The van der Waals surface area contributed by atoms with Crippen LogP contribution in [0.3, 0.4) is 0 Å². The molecule has 0 aliphatic carbocycles. The molecule has 6 heteroatoms. The number of hydrogen-bond donors (Lipinski definition) is 0. The van der Waals surface area contributed by atoms with Gasteiger partial charge in [-0.2, -0.15) is 0 Å². The SMILES string of the molecule is CCCC(=O)N(CCCOCC)CC(=O)N(Cc1ccccc1)Cc1ccc(C)s1. The van der Waals surface area contributed by atoms with Crippen molar-refractivity contribution in [3.8, 4) is 0 Å². The Morgan fingerprint density at radius 1 is 0.967 bits per heavy atom. The van der Waals surface area contributed by atoms with Crippen LogP contribution >= 0.6 is 11.3 Å². The molecule has 0 atom stereocenters. The maximum absolute atomic E-state index is 13.3. The number of rotatable bonds is 13. The van der Waals surface area contributed by atoms with Crippen molar-refractivity contribution in [3.63, 3.8) is 0 Å². The molecule has 30 heavy (non-hydrogen) atoms. The molecule has 5 nitrogen and oxygen atoms in total. The minimum Gasteiger partial charge on any atom is -0.382 e. The smallest absolute Gasteiger partial charge is 0.242 e. The summed E-state index contributed by atoms with van der Waals surface area (Å²) in [6.45, 7) is 9.02. The summed E-state index contributed by atoms with van der Waals surface area (Å²) in [4.78, 5) is 31.8. The number of amides is 2. The van der Waals surface area contributed by atoms with Crippen LogP contribution in [-0.4, -0.2) is 47.9 Å². The van der Waals surface area contributed by atoms with Crippen molar-refractivity contribution < 1.29 is 14.3 Å². The van der Waals surface area contributed by atoms with Crippen molar-refractivity contribution in [2.75, 3.05) is 26.3 Å². The van der Waals surface area contributed by atoms with Gasteiger partial charge < -0.3 is 14.5 Å². The van der Waals surface area contributed by atoms with Crippen molar-refractivity contribution in [1.29, 1.82) is 0 Å². The van der Waals surface area contributed by atoms with Crippen LogP contribution in [0.25, 0.3) is 0 Å². The summed E-state index contributed by atoms with van der Waals surface area (Å²) in [5.74, 6) is 0.0137. The lowest BCUT2D eigenvalue weighted by Crippen LogP contribution is -2.43. The van der Waals surface area contributed by atoms with Gasteiger partial charge in [-0.3, -0.25) is 9.59 Å².